The summed E-state index contributed by atoms with van der Waals surface area (Å²) in [6, 6.07) is 0.530. The van der Waals surface area contributed by atoms with Crippen molar-refractivity contribution in [3.8, 4) is 0 Å². The van der Waals surface area contributed by atoms with Gasteiger partial charge in [0.25, 0.3) is 0 Å². The summed E-state index contributed by atoms with van der Waals surface area (Å²) in [5, 5.41) is 0. The van der Waals surface area contributed by atoms with E-state index in [1.807, 2.05) is 11.9 Å². The van der Waals surface area contributed by atoms with Gasteiger partial charge in [-0.1, -0.05) is 6.92 Å². The minimum absolute atomic E-state index is 0.309. The topological polar surface area (TPSA) is 46.3 Å². The molecule has 3 nitrogen and oxygen atoms in total. The molecule has 1 atom stereocenters. The lowest BCUT2D eigenvalue weighted by Crippen LogP contribution is -2.41. The average molecular weight is 212 g/mol. The molecule has 0 aromatic carbocycles. The maximum atomic E-state index is 11.8. The number of amides is 1. The predicted octanol–water partition coefficient (Wildman–Crippen LogP) is 1.76. The number of rotatable bonds is 6. The largest absolute Gasteiger partial charge is 0.343 e. The minimum Gasteiger partial charge on any atom is -0.343 e. The first-order valence-electron chi connectivity index (χ1n) is 6.11. The van der Waals surface area contributed by atoms with Crippen LogP contribution in [-0.4, -0.2) is 30.4 Å². The first-order valence-corrected chi connectivity index (χ1v) is 6.11. The monoisotopic (exact) mass is 212 g/mol. The van der Waals surface area contributed by atoms with Crippen LogP contribution in [0.4, 0.5) is 0 Å². The molecule has 0 heterocycles. The van der Waals surface area contributed by atoms with Crippen LogP contribution in [0.3, 0.4) is 0 Å². The number of nitrogens with two attached hydrogens (primary N) is 1. The molecule has 1 amide bonds. The summed E-state index contributed by atoms with van der Waals surface area (Å²) in [5.74, 6) is 0.886. The molecule has 88 valence electrons. The Kier molecular flexibility index (Phi) is 5.09. The van der Waals surface area contributed by atoms with Gasteiger partial charge in [-0.05, 0) is 44.6 Å². The third-order valence-corrected chi connectivity index (χ3v) is 3.53. The molecule has 1 aliphatic rings. The van der Waals surface area contributed by atoms with E-state index in [2.05, 4.69) is 6.92 Å². The molecule has 0 bridgehead atoms. The molecule has 1 saturated carbocycles. The van der Waals surface area contributed by atoms with Gasteiger partial charge in [0.05, 0.1) is 0 Å². The third-order valence-electron chi connectivity index (χ3n) is 3.53. The second-order valence-electron chi connectivity index (χ2n) is 4.81. The quantitative estimate of drug-likeness (QED) is 0.729. The van der Waals surface area contributed by atoms with Crippen LogP contribution >= 0.6 is 0 Å². The summed E-state index contributed by atoms with van der Waals surface area (Å²) in [7, 11) is 1.94. The lowest BCUT2D eigenvalue weighted by molar-refractivity contribution is -0.133. The van der Waals surface area contributed by atoms with Crippen molar-refractivity contribution in [3.05, 3.63) is 0 Å². The molecular weight excluding hydrogens is 188 g/mol. The van der Waals surface area contributed by atoms with E-state index in [4.69, 9.17) is 5.73 Å². The zero-order valence-corrected chi connectivity index (χ0v) is 10.0. The predicted molar refractivity (Wildman–Crippen MR) is 62.5 cm³/mol. The number of carbonyl (C=O) groups excluding carboxylic acids is 1. The van der Waals surface area contributed by atoms with E-state index in [1.165, 1.54) is 19.3 Å². The molecule has 1 unspecified atom stereocenters. The lowest BCUT2D eigenvalue weighted by Gasteiger charge is -2.35. The normalized spacial score (nSPS) is 18.3. The standard InChI is InChI=1S/C12H24N2O/c1-10(8-9-13)6-7-12(15)14(2)11-4-3-5-11/h10-11H,3-9,13H2,1-2H3. The maximum absolute atomic E-state index is 11.8. The number of nitrogens with zero attached hydrogens (tertiary/aromatic N) is 1. The van der Waals surface area contributed by atoms with E-state index >= 15 is 0 Å². The highest BCUT2D eigenvalue weighted by atomic mass is 16.2. The molecule has 2 N–H and O–H groups in total. The number of hydrogen-bond acceptors (Lipinski definition) is 2. The highest BCUT2D eigenvalue weighted by molar-refractivity contribution is 5.76. The highest BCUT2D eigenvalue weighted by Gasteiger charge is 2.25. The average Bonchev–Trinajstić information content (AvgIpc) is 2.11. The van der Waals surface area contributed by atoms with E-state index in [-0.39, 0.29) is 0 Å². The SMILES string of the molecule is CC(CCN)CCC(=O)N(C)C1CCC1. The van der Waals surface area contributed by atoms with Crippen LogP contribution < -0.4 is 5.73 Å². The van der Waals surface area contributed by atoms with Gasteiger partial charge in [0, 0.05) is 19.5 Å². The van der Waals surface area contributed by atoms with Crippen molar-refractivity contribution in [2.75, 3.05) is 13.6 Å². The van der Waals surface area contributed by atoms with Crippen LogP contribution in [0.5, 0.6) is 0 Å². The molecule has 0 spiro atoms. The van der Waals surface area contributed by atoms with Gasteiger partial charge in [0.1, 0.15) is 0 Å². The fourth-order valence-electron chi connectivity index (χ4n) is 1.95. The molecule has 0 radical (unpaired) electrons. The Morgan fingerprint density at radius 3 is 2.60 bits per heavy atom. The molecule has 0 aliphatic heterocycles. The van der Waals surface area contributed by atoms with Crippen LogP contribution in [0.15, 0.2) is 0 Å². The minimum atomic E-state index is 0.309. The van der Waals surface area contributed by atoms with Gasteiger partial charge in [-0.15, -0.1) is 0 Å². The van der Waals surface area contributed by atoms with Crippen molar-refractivity contribution in [1.29, 1.82) is 0 Å². The van der Waals surface area contributed by atoms with E-state index in [0.29, 0.717) is 24.3 Å². The highest BCUT2D eigenvalue weighted by Crippen LogP contribution is 2.24. The number of carbonyl (C=O) groups is 1. The molecule has 1 aliphatic carbocycles. The summed E-state index contributed by atoms with van der Waals surface area (Å²) in [6.07, 6.45) is 6.37. The van der Waals surface area contributed by atoms with Crippen molar-refractivity contribution >= 4 is 5.91 Å². The van der Waals surface area contributed by atoms with Crippen LogP contribution in [0.1, 0.15) is 45.4 Å². The first kappa shape index (κ1) is 12.5. The van der Waals surface area contributed by atoms with Gasteiger partial charge in [0.2, 0.25) is 5.91 Å². The summed E-state index contributed by atoms with van der Waals surface area (Å²) >= 11 is 0. The fourth-order valence-corrected chi connectivity index (χ4v) is 1.95. The van der Waals surface area contributed by atoms with Crippen molar-refractivity contribution < 1.29 is 4.79 Å². The first-order chi connectivity index (χ1) is 7.15. The van der Waals surface area contributed by atoms with Crippen LogP contribution in [-0.2, 0) is 4.79 Å². The summed E-state index contributed by atoms with van der Waals surface area (Å²) in [6.45, 7) is 2.90. The van der Waals surface area contributed by atoms with Gasteiger partial charge in [-0.25, -0.2) is 0 Å². The van der Waals surface area contributed by atoms with Crippen LogP contribution in [0.25, 0.3) is 0 Å². The molecule has 1 rings (SSSR count). The van der Waals surface area contributed by atoms with E-state index in [0.717, 1.165) is 19.4 Å². The van der Waals surface area contributed by atoms with Crippen molar-refractivity contribution in [2.24, 2.45) is 11.7 Å². The smallest absolute Gasteiger partial charge is 0.222 e. The zero-order chi connectivity index (χ0) is 11.3. The summed E-state index contributed by atoms with van der Waals surface area (Å²) < 4.78 is 0. The van der Waals surface area contributed by atoms with Crippen LogP contribution in [0.2, 0.25) is 0 Å². The Balaban J connectivity index is 2.16. The molecule has 15 heavy (non-hydrogen) atoms. The van der Waals surface area contributed by atoms with Crippen LogP contribution in [0, 0.1) is 5.92 Å². The second-order valence-corrected chi connectivity index (χ2v) is 4.81. The van der Waals surface area contributed by atoms with Gasteiger partial charge in [-0.2, -0.15) is 0 Å². The Labute approximate surface area is 93.0 Å². The Hall–Kier alpha value is -0.570. The van der Waals surface area contributed by atoms with Gasteiger partial charge in [0.15, 0.2) is 0 Å². The van der Waals surface area contributed by atoms with Crippen molar-refractivity contribution in [3.63, 3.8) is 0 Å². The molecule has 0 aromatic rings. The maximum Gasteiger partial charge on any atom is 0.222 e. The van der Waals surface area contributed by atoms with Gasteiger partial charge < -0.3 is 10.6 Å². The van der Waals surface area contributed by atoms with Crippen molar-refractivity contribution in [2.45, 2.75) is 51.5 Å². The van der Waals surface area contributed by atoms with Crippen molar-refractivity contribution in [1.82, 2.24) is 4.90 Å². The van der Waals surface area contributed by atoms with Gasteiger partial charge in [-0.3, -0.25) is 4.79 Å². The third kappa shape index (κ3) is 3.82. The molecule has 0 aromatic heterocycles. The zero-order valence-electron chi connectivity index (χ0n) is 10.0. The fraction of sp³-hybridized carbons (Fsp3) is 0.917. The van der Waals surface area contributed by atoms with E-state index < -0.39 is 0 Å². The Bertz CT molecular complexity index is 202. The lowest BCUT2D eigenvalue weighted by atomic mass is 9.91. The molecule has 1 fully saturated rings. The number of hydrogen-bond donors (Lipinski definition) is 1. The van der Waals surface area contributed by atoms with E-state index in [1.54, 1.807) is 0 Å². The van der Waals surface area contributed by atoms with Gasteiger partial charge >= 0.3 is 0 Å². The Morgan fingerprint density at radius 1 is 1.47 bits per heavy atom. The molecular formula is C12H24N2O. The second kappa shape index (κ2) is 6.11. The van der Waals surface area contributed by atoms with E-state index in [9.17, 15) is 4.79 Å². The molecule has 3 heteroatoms. The Morgan fingerprint density at radius 2 is 2.13 bits per heavy atom. The summed E-state index contributed by atoms with van der Waals surface area (Å²) in [4.78, 5) is 13.7. The molecule has 0 saturated heterocycles. The summed E-state index contributed by atoms with van der Waals surface area (Å²) in [5.41, 5.74) is 5.48.